The van der Waals surface area contributed by atoms with Crippen LogP contribution in [-0.4, -0.2) is 28.4 Å². The first-order valence-electron chi connectivity index (χ1n) is 7.34. The lowest BCUT2D eigenvalue weighted by Gasteiger charge is -2.14. The average molecular weight is 354 g/mol. The van der Waals surface area contributed by atoms with Gasteiger partial charge >= 0.3 is 0 Å². The lowest BCUT2D eigenvalue weighted by Crippen LogP contribution is -2.13. The fourth-order valence-corrected chi connectivity index (χ4v) is 2.33. The summed E-state index contributed by atoms with van der Waals surface area (Å²) in [7, 11) is 6.50. The van der Waals surface area contributed by atoms with Gasteiger partial charge in [-0.3, -0.25) is 0 Å². The topological polar surface area (TPSA) is 49.0 Å². The van der Waals surface area contributed by atoms with Crippen LogP contribution in [0.15, 0.2) is 36.4 Å². The molecule has 0 amide bonds. The van der Waals surface area contributed by atoms with Crippen molar-refractivity contribution < 1.29 is 18.9 Å². The number of nitrogens with one attached hydrogen (secondary N) is 1. The molecule has 0 bridgehead atoms. The number of methoxy groups -OCH3 is 4. The van der Waals surface area contributed by atoms with E-state index in [9.17, 15) is 0 Å². The molecule has 2 aromatic carbocycles. The van der Waals surface area contributed by atoms with Crippen molar-refractivity contribution in [1.29, 1.82) is 0 Å². The van der Waals surface area contributed by atoms with Gasteiger partial charge in [0.1, 0.15) is 5.75 Å². The lowest BCUT2D eigenvalue weighted by atomic mass is 10.1. The summed E-state index contributed by atoms with van der Waals surface area (Å²) in [6, 6.07) is 11.9. The largest absolute Gasteiger partial charge is 0.497 e. The number of ether oxygens (including phenoxy) is 4. The number of rotatable bonds is 8. The third kappa shape index (κ3) is 4.94. The summed E-state index contributed by atoms with van der Waals surface area (Å²) in [4.78, 5) is 0. The van der Waals surface area contributed by atoms with Crippen molar-refractivity contribution in [3.8, 4) is 23.0 Å². The predicted molar refractivity (Wildman–Crippen MR) is 96.9 cm³/mol. The molecule has 0 spiro atoms. The zero-order chi connectivity index (χ0) is 16.7. The minimum atomic E-state index is 0. The van der Waals surface area contributed by atoms with E-state index >= 15 is 0 Å². The van der Waals surface area contributed by atoms with Gasteiger partial charge in [0.05, 0.1) is 28.4 Å². The maximum Gasteiger partial charge on any atom is 0.203 e. The Balaban J connectivity index is 0.00000288. The van der Waals surface area contributed by atoms with Crippen molar-refractivity contribution in [2.45, 2.75) is 13.1 Å². The number of hydrogen-bond donors (Lipinski definition) is 1. The van der Waals surface area contributed by atoms with E-state index in [0.717, 1.165) is 17.9 Å². The minimum Gasteiger partial charge on any atom is -0.497 e. The van der Waals surface area contributed by atoms with Crippen LogP contribution in [0.1, 0.15) is 11.1 Å². The van der Waals surface area contributed by atoms with Crippen molar-refractivity contribution >= 4 is 12.4 Å². The van der Waals surface area contributed by atoms with Crippen molar-refractivity contribution in [3.63, 3.8) is 0 Å². The molecule has 0 atom stereocenters. The Bertz CT molecular complexity index is 606. The van der Waals surface area contributed by atoms with Crippen LogP contribution in [0, 0.1) is 0 Å². The molecular weight excluding hydrogens is 330 g/mol. The van der Waals surface area contributed by atoms with Crippen LogP contribution in [0.25, 0.3) is 0 Å². The van der Waals surface area contributed by atoms with Crippen LogP contribution in [0.2, 0.25) is 0 Å². The summed E-state index contributed by atoms with van der Waals surface area (Å²) in [5, 5.41) is 3.40. The van der Waals surface area contributed by atoms with Crippen LogP contribution in [0.4, 0.5) is 0 Å². The van der Waals surface area contributed by atoms with Crippen LogP contribution in [0.3, 0.4) is 0 Å². The molecule has 24 heavy (non-hydrogen) atoms. The molecule has 5 nitrogen and oxygen atoms in total. The molecule has 1 N–H and O–H groups in total. The first-order valence-corrected chi connectivity index (χ1v) is 7.34. The van der Waals surface area contributed by atoms with Gasteiger partial charge in [0.2, 0.25) is 5.75 Å². The summed E-state index contributed by atoms with van der Waals surface area (Å²) in [6.07, 6.45) is 0. The van der Waals surface area contributed by atoms with Crippen molar-refractivity contribution in [3.05, 3.63) is 47.5 Å². The van der Waals surface area contributed by atoms with E-state index in [0.29, 0.717) is 23.8 Å². The van der Waals surface area contributed by atoms with Crippen molar-refractivity contribution in [1.82, 2.24) is 5.32 Å². The molecule has 132 valence electrons. The maximum absolute atomic E-state index is 5.36. The van der Waals surface area contributed by atoms with E-state index in [-0.39, 0.29) is 12.4 Å². The van der Waals surface area contributed by atoms with E-state index in [1.165, 1.54) is 5.56 Å². The molecule has 0 aliphatic heterocycles. The second kappa shape index (κ2) is 9.90. The smallest absolute Gasteiger partial charge is 0.203 e. The highest BCUT2D eigenvalue weighted by atomic mass is 35.5. The van der Waals surface area contributed by atoms with Gasteiger partial charge in [0, 0.05) is 13.1 Å². The normalized spacial score (nSPS) is 9.83. The Morgan fingerprint density at radius 3 is 1.71 bits per heavy atom. The highest BCUT2D eigenvalue weighted by Crippen LogP contribution is 2.38. The molecule has 0 aromatic heterocycles. The molecule has 0 saturated heterocycles. The minimum absolute atomic E-state index is 0. The van der Waals surface area contributed by atoms with E-state index < -0.39 is 0 Å². The van der Waals surface area contributed by atoms with Gasteiger partial charge in [-0.05, 0) is 35.4 Å². The van der Waals surface area contributed by atoms with Gasteiger partial charge in [-0.25, -0.2) is 0 Å². The Morgan fingerprint density at radius 2 is 1.25 bits per heavy atom. The van der Waals surface area contributed by atoms with Crippen LogP contribution >= 0.6 is 12.4 Å². The van der Waals surface area contributed by atoms with Crippen LogP contribution in [-0.2, 0) is 13.1 Å². The number of benzene rings is 2. The summed E-state index contributed by atoms with van der Waals surface area (Å²) in [6.45, 7) is 1.46. The fourth-order valence-electron chi connectivity index (χ4n) is 2.33. The molecular formula is C18H24ClNO4. The second-order valence-electron chi connectivity index (χ2n) is 4.99. The Labute approximate surface area is 149 Å². The number of halogens is 1. The fraction of sp³-hybridized carbons (Fsp3) is 0.333. The van der Waals surface area contributed by atoms with Gasteiger partial charge in [-0.1, -0.05) is 12.1 Å². The summed E-state index contributed by atoms with van der Waals surface area (Å²) in [5.74, 6) is 2.79. The molecule has 0 aliphatic rings. The monoisotopic (exact) mass is 353 g/mol. The zero-order valence-corrected chi connectivity index (χ0v) is 15.2. The zero-order valence-electron chi connectivity index (χ0n) is 14.4. The third-order valence-electron chi connectivity index (χ3n) is 3.54. The highest BCUT2D eigenvalue weighted by Gasteiger charge is 2.12. The summed E-state index contributed by atoms with van der Waals surface area (Å²) in [5.41, 5.74) is 2.26. The van der Waals surface area contributed by atoms with E-state index in [1.54, 1.807) is 28.4 Å². The SMILES string of the molecule is COc1ccc(CNCc2cc(OC)c(OC)c(OC)c2)cc1.Cl. The first kappa shape index (κ1) is 19.9. The average Bonchev–Trinajstić information content (AvgIpc) is 2.61. The Kier molecular flexibility index (Phi) is 8.22. The van der Waals surface area contributed by atoms with Crippen LogP contribution < -0.4 is 24.3 Å². The maximum atomic E-state index is 5.36. The molecule has 0 fully saturated rings. The van der Waals surface area contributed by atoms with Crippen molar-refractivity contribution in [2.75, 3.05) is 28.4 Å². The molecule has 0 heterocycles. The molecule has 2 aromatic rings. The Morgan fingerprint density at radius 1 is 0.708 bits per heavy atom. The van der Waals surface area contributed by atoms with E-state index in [1.807, 2.05) is 36.4 Å². The first-order chi connectivity index (χ1) is 11.2. The van der Waals surface area contributed by atoms with Gasteiger partial charge in [-0.2, -0.15) is 0 Å². The summed E-state index contributed by atoms with van der Waals surface area (Å²) < 4.78 is 21.2. The molecule has 0 unspecified atom stereocenters. The standard InChI is InChI=1S/C18H23NO4.ClH/c1-20-15-7-5-13(6-8-15)11-19-12-14-9-16(21-2)18(23-4)17(10-14)22-3;/h5-10,19H,11-12H2,1-4H3;1H. The quantitative estimate of drug-likeness (QED) is 0.787. The summed E-state index contributed by atoms with van der Waals surface area (Å²) >= 11 is 0. The van der Waals surface area contributed by atoms with Gasteiger partial charge < -0.3 is 24.3 Å². The second-order valence-corrected chi connectivity index (χ2v) is 4.99. The van der Waals surface area contributed by atoms with E-state index in [4.69, 9.17) is 18.9 Å². The van der Waals surface area contributed by atoms with E-state index in [2.05, 4.69) is 5.32 Å². The van der Waals surface area contributed by atoms with Crippen LogP contribution in [0.5, 0.6) is 23.0 Å². The number of hydrogen-bond acceptors (Lipinski definition) is 5. The highest BCUT2D eigenvalue weighted by molar-refractivity contribution is 5.85. The molecule has 0 saturated carbocycles. The Hall–Kier alpha value is -2.11. The molecule has 0 radical (unpaired) electrons. The van der Waals surface area contributed by atoms with Crippen molar-refractivity contribution in [2.24, 2.45) is 0 Å². The van der Waals surface area contributed by atoms with Gasteiger partial charge in [-0.15, -0.1) is 12.4 Å². The lowest BCUT2D eigenvalue weighted by molar-refractivity contribution is 0.323. The predicted octanol–water partition coefficient (Wildman–Crippen LogP) is 3.43. The molecule has 0 aliphatic carbocycles. The third-order valence-corrected chi connectivity index (χ3v) is 3.54. The van der Waals surface area contributed by atoms with Gasteiger partial charge in [0.15, 0.2) is 11.5 Å². The molecule has 2 rings (SSSR count). The molecule has 6 heteroatoms. The van der Waals surface area contributed by atoms with Gasteiger partial charge in [0.25, 0.3) is 0 Å².